The zero-order valence-corrected chi connectivity index (χ0v) is 12.1. The summed E-state index contributed by atoms with van der Waals surface area (Å²) in [6.45, 7) is -0.132. The minimum Gasteiger partial charge on any atom is -0.481 e. The molecule has 0 aliphatic carbocycles. The third kappa shape index (κ3) is 3.94. The van der Waals surface area contributed by atoms with Crippen molar-refractivity contribution in [2.24, 2.45) is 0 Å². The Morgan fingerprint density at radius 2 is 2.11 bits per heavy atom. The highest BCUT2D eigenvalue weighted by Crippen LogP contribution is 2.22. The standard InChI is InChI=1S/C13H10BrClN2O2/c14-9-4-1-2-5-10(9)17-12(18)8-19-11-6-3-7-16-13(11)15/h1-7H,8H2,(H,17,18). The molecule has 98 valence electrons. The highest BCUT2D eigenvalue weighted by atomic mass is 79.9. The summed E-state index contributed by atoms with van der Waals surface area (Å²) < 4.78 is 6.10. The van der Waals surface area contributed by atoms with Gasteiger partial charge >= 0.3 is 0 Å². The van der Waals surface area contributed by atoms with Crippen molar-refractivity contribution < 1.29 is 9.53 Å². The van der Waals surface area contributed by atoms with Crippen LogP contribution in [0.4, 0.5) is 5.69 Å². The molecule has 4 nitrogen and oxygen atoms in total. The first-order valence-electron chi connectivity index (χ1n) is 5.44. The number of nitrogens with zero attached hydrogens (tertiary/aromatic N) is 1. The average Bonchev–Trinajstić information content (AvgIpc) is 2.40. The molecule has 1 aromatic carbocycles. The maximum absolute atomic E-state index is 11.7. The number of hydrogen-bond acceptors (Lipinski definition) is 3. The van der Waals surface area contributed by atoms with Crippen LogP contribution in [-0.2, 0) is 4.79 Å². The maximum Gasteiger partial charge on any atom is 0.262 e. The number of pyridine rings is 1. The van der Waals surface area contributed by atoms with Gasteiger partial charge in [0.15, 0.2) is 17.5 Å². The van der Waals surface area contributed by atoms with Crippen LogP contribution in [0.25, 0.3) is 0 Å². The Labute approximate surface area is 123 Å². The van der Waals surface area contributed by atoms with Crippen molar-refractivity contribution in [2.75, 3.05) is 11.9 Å². The average molecular weight is 342 g/mol. The van der Waals surface area contributed by atoms with E-state index in [2.05, 4.69) is 26.2 Å². The van der Waals surface area contributed by atoms with Crippen LogP contribution in [0.1, 0.15) is 0 Å². The molecule has 1 amide bonds. The fourth-order valence-corrected chi connectivity index (χ4v) is 1.93. The summed E-state index contributed by atoms with van der Waals surface area (Å²) in [6, 6.07) is 10.7. The second kappa shape index (κ2) is 6.54. The van der Waals surface area contributed by atoms with E-state index in [-0.39, 0.29) is 17.7 Å². The number of ether oxygens (including phenoxy) is 1. The van der Waals surface area contributed by atoms with Crippen LogP contribution < -0.4 is 10.1 Å². The van der Waals surface area contributed by atoms with Crippen LogP contribution in [0.5, 0.6) is 5.75 Å². The third-order valence-electron chi connectivity index (χ3n) is 2.23. The van der Waals surface area contributed by atoms with E-state index in [1.54, 1.807) is 24.4 Å². The Bertz CT molecular complexity index is 592. The van der Waals surface area contributed by atoms with Gasteiger partial charge in [-0.05, 0) is 40.2 Å². The molecule has 19 heavy (non-hydrogen) atoms. The molecule has 2 rings (SSSR count). The van der Waals surface area contributed by atoms with E-state index in [1.165, 1.54) is 0 Å². The predicted octanol–water partition coefficient (Wildman–Crippen LogP) is 3.52. The van der Waals surface area contributed by atoms with Crippen LogP contribution in [0.2, 0.25) is 5.15 Å². The van der Waals surface area contributed by atoms with Gasteiger partial charge in [-0.2, -0.15) is 0 Å². The maximum atomic E-state index is 11.7. The number of carbonyl (C=O) groups is 1. The second-order valence-electron chi connectivity index (χ2n) is 3.61. The Kier molecular flexibility index (Phi) is 4.76. The molecular weight excluding hydrogens is 332 g/mol. The summed E-state index contributed by atoms with van der Waals surface area (Å²) in [4.78, 5) is 15.6. The number of amides is 1. The van der Waals surface area contributed by atoms with E-state index >= 15 is 0 Å². The summed E-state index contributed by atoms with van der Waals surface area (Å²) in [5, 5.41) is 2.96. The number of hydrogen-bond donors (Lipinski definition) is 1. The largest absolute Gasteiger partial charge is 0.481 e. The van der Waals surface area contributed by atoms with Crippen LogP contribution in [-0.4, -0.2) is 17.5 Å². The molecular formula is C13H10BrClN2O2. The molecule has 0 aliphatic rings. The van der Waals surface area contributed by atoms with Crippen molar-refractivity contribution in [2.45, 2.75) is 0 Å². The highest BCUT2D eigenvalue weighted by Gasteiger charge is 2.07. The van der Waals surface area contributed by atoms with Gasteiger partial charge < -0.3 is 10.1 Å². The van der Waals surface area contributed by atoms with Crippen molar-refractivity contribution in [3.8, 4) is 5.75 Å². The number of benzene rings is 1. The molecule has 0 saturated carbocycles. The Morgan fingerprint density at radius 1 is 1.32 bits per heavy atom. The molecule has 1 heterocycles. The second-order valence-corrected chi connectivity index (χ2v) is 4.82. The minimum atomic E-state index is -0.271. The fourth-order valence-electron chi connectivity index (χ4n) is 1.37. The molecule has 0 saturated heterocycles. The van der Waals surface area contributed by atoms with Gasteiger partial charge in [0.05, 0.1) is 5.69 Å². The van der Waals surface area contributed by atoms with Gasteiger partial charge in [-0.1, -0.05) is 23.7 Å². The molecule has 0 unspecified atom stereocenters. The number of aromatic nitrogens is 1. The van der Waals surface area contributed by atoms with E-state index < -0.39 is 0 Å². The van der Waals surface area contributed by atoms with Crippen LogP contribution in [0.15, 0.2) is 47.1 Å². The van der Waals surface area contributed by atoms with Gasteiger partial charge in [0.25, 0.3) is 5.91 Å². The molecule has 0 bridgehead atoms. The molecule has 2 aromatic rings. The van der Waals surface area contributed by atoms with E-state index in [0.717, 1.165) is 4.47 Å². The first kappa shape index (κ1) is 13.8. The number of halogens is 2. The van der Waals surface area contributed by atoms with Crippen molar-refractivity contribution in [1.82, 2.24) is 4.98 Å². The van der Waals surface area contributed by atoms with Crippen molar-refractivity contribution in [3.05, 3.63) is 52.2 Å². The van der Waals surface area contributed by atoms with Gasteiger partial charge in [-0.3, -0.25) is 4.79 Å². The van der Waals surface area contributed by atoms with E-state index in [9.17, 15) is 4.79 Å². The highest BCUT2D eigenvalue weighted by molar-refractivity contribution is 9.10. The zero-order chi connectivity index (χ0) is 13.7. The lowest BCUT2D eigenvalue weighted by atomic mass is 10.3. The lowest BCUT2D eigenvalue weighted by molar-refractivity contribution is -0.118. The first-order chi connectivity index (χ1) is 9.16. The van der Waals surface area contributed by atoms with Crippen molar-refractivity contribution in [3.63, 3.8) is 0 Å². The third-order valence-corrected chi connectivity index (χ3v) is 3.21. The zero-order valence-electron chi connectivity index (χ0n) is 9.77. The first-order valence-corrected chi connectivity index (χ1v) is 6.61. The van der Waals surface area contributed by atoms with E-state index in [1.807, 2.05) is 18.2 Å². The summed E-state index contributed by atoms with van der Waals surface area (Å²) in [6.07, 6.45) is 1.55. The van der Waals surface area contributed by atoms with Crippen molar-refractivity contribution >= 4 is 39.1 Å². The van der Waals surface area contributed by atoms with Gasteiger partial charge in [-0.15, -0.1) is 0 Å². The van der Waals surface area contributed by atoms with Crippen LogP contribution in [0, 0.1) is 0 Å². The Morgan fingerprint density at radius 3 is 2.84 bits per heavy atom. The summed E-state index contributed by atoms with van der Waals surface area (Å²) in [5.74, 6) is 0.110. The van der Waals surface area contributed by atoms with Crippen LogP contribution in [0.3, 0.4) is 0 Å². The molecule has 1 aromatic heterocycles. The van der Waals surface area contributed by atoms with Gasteiger partial charge in [0.2, 0.25) is 0 Å². The molecule has 6 heteroatoms. The molecule has 0 fully saturated rings. The predicted molar refractivity (Wildman–Crippen MR) is 77.5 cm³/mol. The van der Waals surface area contributed by atoms with Crippen molar-refractivity contribution in [1.29, 1.82) is 0 Å². The van der Waals surface area contributed by atoms with Crippen LogP contribution >= 0.6 is 27.5 Å². The lowest BCUT2D eigenvalue weighted by Crippen LogP contribution is -2.20. The number of para-hydroxylation sites is 1. The normalized spacial score (nSPS) is 10.0. The topological polar surface area (TPSA) is 51.2 Å². The number of nitrogens with one attached hydrogen (secondary N) is 1. The number of carbonyl (C=O) groups excluding carboxylic acids is 1. The molecule has 0 spiro atoms. The number of rotatable bonds is 4. The van der Waals surface area contributed by atoms with Gasteiger partial charge in [-0.25, -0.2) is 4.98 Å². The van der Waals surface area contributed by atoms with E-state index in [0.29, 0.717) is 11.4 Å². The molecule has 0 radical (unpaired) electrons. The quantitative estimate of drug-likeness (QED) is 0.866. The fraction of sp³-hybridized carbons (Fsp3) is 0.0769. The van der Waals surface area contributed by atoms with Gasteiger partial charge in [0, 0.05) is 10.7 Å². The summed E-state index contributed by atoms with van der Waals surface area (Å²) in [7, 11) is 0. The lowest BCUT2D eigenvalue weighted by Gasteiger charge is -2.09. The van der Waals surface area contributed by atoms with E-state index in [4.69, 9.17) is 16.3 Å². The minimum absolute atomic E-state index is 0.132. The number of anilines is 1. The Hall–Kier alpha value is -1.59. The van der Waals surface area contributed by atoms with Gasteiger partial charge in [0.1, 0.15) is 0 Å². The molecule has 1 N–H and O–H groups in total. The summed E-state index contributed by atoms with van der Waals surface area (Å²) >= 11 is 9.16. The molecule has 0 aliphatic heterocycles. The molecule has 0 atom stereocenters. The SMILES string of the molecule is O=C(COc1cccnc1Cl)Nc1ccccc1Br. The smallest absolute Gasteiger partial charge is 0.262 e. The Balaban J connectivity index is 1.92. The monoisotopic (exact) mass is 340 g/mol. The summed E-state index contributed by atoms with van der Waals surface area (Å²) in [5.41, 5.74) is 0.688.